The minimum atomic E-state index is 0.224. The summed E-state index contributed by atoms with van der Waals surface area (Å²) >= 11 is 1.93. The van der Waals surface area contributed by atoms with Crippen LogP contribution in [0.25, 0.3) is 0 Å². The predicted octanol–water partition coefficient (Wildman–Crippen LogP) is 4.31. The Bertz CT molecular complexity index is 436. The molecular formula is C17H27NOS. The number of hydrogen-bond acceptors (Lipinski definition) is 3. The molecule has 3 rings (SSSR count). The van der Waals surface area contributed by atoms with E-state index in [9.17, 15) is 0 Å². The molecule has 1 N–H and O–H groups in total. The van der Waals surface area contributed by atoms with Crippen LogP contribution in [0.5, 0.6) is 0 Å². The molecule has 1 aromatic rings. The van der Waals surface area contributed by atoms with E-state index in [2.05, 4.69) is 30.7 Å². The minimum absolute atomic E-state index is 0.224. The maximum atomic E-state index is 6.20. The van der Waals surface area contributed by atoms with Gasteiger partial charge in [-0.2, -0.15) is 0 Å². The molecule has 20 heavy (non-hydrogen) atoms. The van der Waals surface area contributed by atoms with E-state index in [4.69, 9.17) is 4.74 Å². The fourth-order valence-electron chi connectivity index (χ4n) is 4.21. The monoisotopic (exact) mass is 293 g/mol. The van der Waals surface area contributed by atoms with Gasteiger partial charge in [0.25, 0.3) is 0 Å². The van der Waals surface area contributed by atoms with Crippen LogP contribution < -0.4 is 5.32 Å². The quantitative estimate of drug-likeness (QED) is 0.893. The first-order valence-electron chi connectivity index (χ1n) is 8.15. The van der Waals surface area contributed by atoms with Crippen LogP contribution >= 0.6 is 11.3 Å². The molecule has 2 heterocycles. The first-order valence-corrected chi connectivity index (χ1v) is 9.03. The Balaban J connectivity index is 1.78. The molecular weight excluding hydrogens is 266 g/mol. The molecule has 0 radical (unpaired) electrons. The van der Waals surface area contributed by atoms with Crippen molar-refractivity contribution in [2.24, 2.45) is 5.92 Å². The standard InChI is InChI=1S/C17H27NOS/c1-3-13-7-11-20-16(13)15(18-2)14-6-10-19-17(12-14)8-4-5-9-17/h7,11,14-15,18H,3-6,8-10,12H2,1-2H3. The number of rotatable bonds is 4. The van der Waals surface area contributed by atoms with Crippen LogP contribution in [-0.2, 0) is 11.2 Å². The lowest BCUT2D eigenvalue weighted by atomic mass is 9.79. The molecule has 1 saturated carbocycles. The lowest BCUT2D eigenvalue weighted by Gasteiger charge is -2.41. The number of aryl methyl sites for hydroxylation is 1. The molecule has 0 aromatic carbocycles. The molecule has 2 atom stereocenters. The molecule has 0 amide bonds. The Labute approximate surface area is 126 Å². The van der Waals surface area contributed by atoms with Gasteiger partial charge in [-0.25, -0.2) is 0 Å². The van der Waals surface area contributed by atoms with Crippen LogP contribution in [0.1, 0.15) is 61.9 Å². The van der Waals surface area contributed by atoms with Crippen LogP contribution in [0.15, 0.2) is 11.4 Å². The highest BCUT2D eigenvalue weighted by molar-refractivity contribution is 7.10. The molecule has 1 aliphatic heterocycles. The van der Waals surface area contributed by atoms with Crippen LogP contribution in [0.4, 0.5) is 0 Å². The number of ether oxygens (including phenoxy) is 1. The molecule has 3 heteroatoms. The Hall–Kier alpha value is -0.380. The summed E-state index contributed by atoms with van der Waals surface area (Å²) in [6.45, 7) is 3.22. The normalized spacial score (nSPS) is 27.0. The second-order valence-electron chi connectivity index (χ2n) is 6.42. The second-order valence-corrected chi connectivity index (χ2v) is 7.37. The van der Waals surface area contributed by atoms with Gasteiger partial charge in [0.15, 0.2) is 0 Å². The zero-order valence-electron chi connectivity index (χ0n) is 12.8. The molecule has 2 nitrogen and oxygen atoms in total. The fourth-order valence-corrected chi connectivity index (χ4v) is 5.41. The summed E-state index contributed by atoms with van der Waals surface area (Å²) < 4.78 is 6.20. The Morgan fingerprint density at radius 2 is 2.25 bits per heavy atom. The highest BCUT2D eigenvalue weighted by Crippen LogP contribution is 2.46. The third-order valence-corrected chi connectivity index (χ3v) is 6.31. The van der Waals surface area contributed by atoms with E-state index in [1.54, 1.807) is 4.88 Å². The molecule has 1 saturated heterocycles. The van der Waals surface area contributed by atoms with Gasteiger partial charge in [-0.1, -0.05) is 19.8 Å². The summed E-state index contributed by atoms with van der Waals surface area (Å²) in [7, 11) is 2.13. The Morgan fingerprint density at radius 3 is 2.95 bits per heavy atom. The van der Waals surface area contributed by atoms with Gasteiger partial charge in [-0.3, -0.25) is 0 Å². The topological polar surface area (TPSA) is 21.3 Å². The third kappa shape index (κ3) is 2.68. The minimum Gasteiger partial charge on any atom is -0.375 e. The fraction of sp³-hybridized carbons (Fsp3) is 0.765. The zero-order chi connectivity index (χ0) is 14.0. The average molecular weight is 293 g/mol. The van der Waals surface area contributed by atoms with Crippen LogP contribution in [-0.4, -0.2) is 19.3 Å². The van der Waals surface area contributed by atoms with Crippen molar-refractivity contribution in [2.75, 3.05) is 13.7 Å². The number of nitrogens with one attached hydrogen (secondary N) is 1. The molecule has 2 fully saturated rings. The first kappa shape index (κ1) is 14.6. The van der Waals surface area contributed by atoms with Gasteiger partial charge in [-0.15, -0.1) is 11.3 Å². The maximum Gasteiger partial charge on any atom is 0.0686 e. The van der Waals surface area contributed by atoms with Gasteiger partial charge in [0.1, 0.15) is 0 Å². The van der Waals surface area contributed by atoms with Crippen molar-refractivity contribution in [1.82, 2.24) is 5.32 Å². The van der Waals surface area contributed by atoms with Crippen molar-refractivity contribution in [3.8, 4) is 0 Å². The van der Waals surface area contributed by atoms with Crippen molar-refractivity contribution < 1.29 is 4.74 Å². The second kappa shape index (κ2) is 6.17. The van der Waals surface area contributed by atoms with E-state index < -0.39 is 0 Å². The lowest BCUT2D eigenvalue weighted by molar-refractivity contribution is -0.0977. The van der Waals surface area contributed by atoms with Crippen LogP contribution in [0.3, 0.4) is 0 Å². The van der Waals surface area contributed by atoms with E-state index in [1.807, 2.05) is 11.3 Å². The SMILES string of the molecule is CCc1ccsc1C(NC)C1CCOC2(CCCC2)C1. The van der Waals surface area contributed by atoms with Crippen molar-refractivity contribution in [3.05, 3.63) is 21.9 Å². The van der Waals surface area contributed by atoms with E-state index in [1.165, 1.54) is 44.1 Å². The Kier molecular flexibility index (Phi) is 4.49. The van der Waals surface area contributed by atoms with Gasteiger partial charge in [0.05, 0.1) is 5.60 Å². The van der Waals surface area contributed by atoms with E-state index >= 15 is 0 Å². The van der Waals surface area contributed by atoms with Crippen LogP contribution in [0.2, 0.25) is 0 Å². The summed E-state index contributed by atoms with van der Waals surface area (Å²) in [5.74, 6) is 0.732. The van der Waals surface area contributed by atoms with E-state index in [0.717, 1.165) is 18.9 Å². The molecule has 1 aromatic heterocycles. The smallest absolute Gasteiger partial charge is 0.0686 e. The molecule has 2 aliphatic rings. The van der Waals surface area contributed by atoms with Crippen molar-refractivity contribution in [3.63, 3.8) is 0 Å². The molecule has 1 spiro atoms. The molecule has 112 valence electrons. The van der Waals surface area contributed by atoms with Crippen molar-refractivity contribution in [1.29, 1.82) is 0 Å². The third-order valence-electron chi connectivity index (χ3n) is 5.27. The average Bonchev–Trinajstić information content (AvgIpc) is 3.10. The molecule has 1 aliphatic carbocycles. The summed E-state index contributed by atoms with van der Waals surface area (Å²) in [5, 5.41) is 5.86. The van der Waals surface area contributed by atoms with Gasteiger partial charge in [-0.05, 0) is 62.1 Å². The predicted molar refractivity (Wildman–Crippen MR) is 85.4 cm³/mol. The van der Waals surface area contributed by atoms with Crippen LogP contribution in [0, 0.1) is 5.92 Å². The van der Waals surface area contributed by atoms with Gasteiger partial charge >= 0.3 is 0 Å². The summed E-state index contributed by atoms with van der Waals surface area (Å²) in [6, 6.07) is 2.82. The van der Waals surface area contributed by atoms with Gasteiger partial charge < -0.3 is 10.1 Å². The van der Waals surface area contributed by atoms with Gasteiger partial charge in [0, 0.05) is 17.5 Å². The summed E-state index contributed by atoms with van der Waals surface area (Å²) in [5.41, 5.74) is 1.75. The first-order chi connectivity index (χ1) is 9.78. The number of hydrogen-bond donors (Lipinski definition) is 1. The number of thiophene rings is 1. The van der Waals surface area contributed by atoms with Gasteiger partial charge in [0.2, 0.25) is 0 Å². The van der Waals surface area contributed by atoms with E-state index in [0.29, 0.717) is 6.04 Å². The molecule has 0 bridgehead atoms. The largest absolute Gasteiger partial charge is 0.375 e. The molecule has 2 unspecified atom stereocenters. The summed E-state index contributed by atoms with van der Waals surface area (Å²) in [4.78, 5) is 1.56. The maximum absolute atomic E-state index is 6.20. The highest BCUT2D eigenvalue weighted by Gasteiger charge is 2.42. The Morgan fingerprint density at radius 1 is 1.45 bits per heavy atom. The van der Waals surface area contributed by atoms with Crippen molar-refractivity contribution >= 4 is 11.3 Å². The summed E-state index contributed by atoms with van der Waals surface area (Å²) in [6.07, 6.45) is 8.88. The van der Waals surface area contributed by atoms with E-state index in [-0.39, 0.29) is 5.60 Å². The zero-order valence-corrected chi connectivity index (χ0v) is 13.6. The highest BCUT2D eigenvalue weighted by atomic mass is 32.1. The van der Waals surface area contributed by atoms with Crippen molar-refractivity contribution in [2.45, 2.75) is 63.5 Å². The lowest BCUT2D eigenvalue weighted by Crippen LogP contribution is -2.41.